The fourth-order valence-corrected chi connectivity index (χ4v) is 4.47. The number of aromatic nitrogens is 3. The molecule has 3 aromatic heterocycles. The maximum Gasteiger partial charge on any atom is 0.356 e. The molecule has 2 N–H and O–H groups in total. The maximum atomic E-state index is 13.2. The van der Waals surface area contributed by atoms with E-state index in [0.717, 1.165) is 33.2 Å². The lowest BCUT2D eigenvalue weighted by molar-refractivity contribution is 0.0691. The molecule has 1 atom stereocenters. The number of hydrogen-bond acceptors (Lipinski definition) is 6. The minimum absolute atomic E-state index is 0.0706. The zero-order valence-corrected chi connectivity index (χ0v) is 19.8. The van der Waals surface area contributed by atoms with Gasteiger partial charge in [0.05, 0.1) is 22.6 Å². The van der Waals surface area contributed by atoms with E-state index in [2.05, 4.69) is 15.4 Å². The van der Waals surface area contributed by atoms with Crippen LogP contribution >= 0.6 is 0 Å². The smallest absolute Gasteiger partial charge is 0.356 e. The van der Waals surface area contributed by atoms with Gasteiger partial charge in [-0.2, -0.15) is 5.10 Å². The first kappa shape index (κ1) is 22.3. The predicted molar refractivity (Wildman–Crippen MR) is 135 cm³/mol. The van der Waals surface area contributed by atoms with Crippen molar-refractivity contribution in [2.45, 2.75) is 26.8 Å². The molecule has 5 rings (SSSR count). The molecule has 176 valence electrons. The lowest BCUT2D eigenvalue weighted by Crippen LogP contribution is -2.13. The Morgan fingerprint density at radius 3 is 2.74 bits per heavy atom. The standard InChI is InChI=1S/C27H24N4O4/c1-14-8-19(16(3)29-21-6-5-7-28-25(21)27(33)34)26-20(9-14)22(32)12-23(35-26)17-10-15(2)24-18(11-17)13-31(4)30-24/h5-13,16,29H,1-4H3,(H,33,34)/t16-/m1/s1. The molecule has 3 heterocycles. The average molecular weight is 469 g/mol. The predicted octanol–water partition coefficient (Wildman–Crippen LogP) is 5.23. The van der Waals surface area contributed by atoms with E-state index < -0.39 is 5.97 Å². The van der Waals surface area contributed by atoms with Crippen LogP contribution in [0, 0.1) is 13.8 Å². The third-order valence-electron chi connectivity index (χ3n) is 6.05. The number of anilines is 1. The number of fused-ring (bicyclic) bond motifs is 2. The largest absolute Gasteiger partial charge is 0.476 e. The summed E-state index contributed by atoms with van der Waals surface area (Å²) in [5, 5.41) is 18.6. The Labute approximate surface area is 200 Å². The van der Waals surface area contributed by atoms with Crippen LogP contribution in [0.4, 0.5) is 5.69 Å². The Hall–Kier alpha value is -4.46. The Balaban J connectivity index is 1.66. The monoisotopic (exact) mass is 468 g/mol. The molecular weight excluding hydrogens is 444 g/mol. The summed E-state index contributed by atoms with van der Waals surface area (Å²) >= 11 is 0. The van der Waals surface area contributed by atoms with Crippen LogP contribution in [-0.4, -0.2) is 25.8 Å². The van der Waals surface area contributed by atoms with Crippen molar-refractivity contribution >= 4 is 33.5 Å². The van der Waals surface area contributed by atoms with Crippen molar-refractivity contribution in [1.29, 1.82) is 0 Å². The van der Waals surface area contributed by atoms with Crippen molar-refractivity contribution in [1.82, 2.24) is 14.8 Å². The second-order valence-corrected chi connectivity index (χ2v) is 8.81. The number of aromatic carboxylic acids is 1. The number of carboxylic acids is 1. The molecule has 0 aliphatic rings. The number of aryl methyl sites for hydroxylation is 3. The van der Waals surface area contributed by atoms with E-state index in [4.69, 9.17) is 4.42 Å². The number of carboxylic acid groups (broad SMARTS) is 1. The van der Waals surface area contributed by atoms with Gasteiger partial charge in [0.2, 0.25) is 0 Å². The van der Waals surface area contributed by atoms with E-state index in [1.165, 1.54) is 12.3 Å². The second-order valence-electron chi connectivity index (χ2n) is 8.81. The fraction of sp³-hybridized carbons (Fsp3) is 0.185. The quantitative estimate of drug-likeness (QED) is 0.363. The summed E-state index contributed by atoms with van der Waals surface area (Å²) in [4.78, 5) is 28.7. The van der Waals surface area contributed by atoms with Crippen LogP contribution in [0.3, 0.4) is 0 Å². The molecule has 35 heavy (non-hydrogen) atoms. The van der Waals surface area contributed by atoms with Gasteiger partial charge < -0.3 is 14.8 Å². The second kappa shape index (κ2) is 8.39. The molecule has 0 spiro atoms. The molecule has 5 aromatic rings. The number of rotatable bonds is 5. The first-order valence-electron chi connectivity index (χ1n) is 11.2. The molecule has 0 fully saturated rings. The van der Waals surface area contributed by atoms with Gasteiger partial charge in [-0.3, -0.25) is 9.48 Å². The van der Waals surface area contributed by atoms with Crippen LogP contribution in [0.15, 0.2) is 64.1 Å². The topological polar surface area (TPSA) is 110 Å². The number of hydrogen-bond donors (Lipinski definition) is 2. The first-order chi connectivity index (χ1) is 16.7. The van der Waals surface area contributed by atoms with Crippen molar-refractivity contribution in [2.75, 3.05) is 5.32 Å². The van der Waals surface area contributed by atoms with Crippen LogP contribution in [0.2, 0.25) is 0 Å². The van der Waals surface area contributed by atoms with Gasteiger partial charge in [-0.15, -0.1) is 0 Å². The summed E-state index contributed by atoms with van der Waals surface area (Å²) in [5.41, 5.74) is 4.96. The highest BCUT2D eigenvalue weighted by Gasteiger charge is 2.19. The van der Waals surface area contributed by atoms with Crippen molar-refractivity contribution < 1.29 is 14.3 Å². The summed E-state index contributed by atoms with van der Waals surface area (Å²) in [5.74, 6) is -0.661. The van der Waals surface area contributed by atoms with Crippen LogP contribution in [0.25, 0.3) is 33.2 Å². The highest BCUT2D eigenvalue weighted by atomic mass is 16.4. The zero-order valence-electron chi connectivity index (χ0n) is 19.8. The number of pyridine rings is 1. The molecule has 2 aromatic carbocycles. The molecular formula is C27H24N4O4. The van der Waals surface area contributed by atoms with E-state index in [9.17, 15) is 14.7 Å². The molecule has 0 bridgehead atoms. The fourth-order valence-electron chi connectivity index (χ4n) is 4.47. The van der Waals surface area contributed by atoms with Gasteiger partial charge in [0.15, 0.2) is 11.1 Å². The molecule has 0 radical (unpaired) electrons. The summed E-state index contributed by atoms with van der Waals surface area (Å²) < 4.78 is 8.12. The highest BCUT2D eigenvalue weighted by Crippen LogP contribution is 2.32. The third-order valence-corrected chi connectivity index (χ3v) is 6.05. The molecule has 8 nitrogen and oxygen atoms in total. The molecule has 0 saturated heterocycles. The van der Waals surface area contributed by atoms with Crippen molar-refractivity contribution in [3.63, 3.8) is 0 Å². The Bertz CT molecular complexity index is 1680. The molecule has 0 amide bonds. The molecule has 0 saturated carbocycles. The molecule has 0 aliphatic heterocycles. The normalized spacial score (nSPS) is 12.2. The van der Waals surface area contributed by atoms with Gasteiger partial charge in [-0.25, -0.2) is 9.78 Å². The summed E-state index contributed by atoms with van der Waals surface area (Å²) in [7, 11) is 1.87. The van der Waals surface area contributed by atoms with Gasteiger partial charge in [0.1, 0.15) is 11.3 Å². The Kier molecular flexibility index (Phi) is 5.36. The third kappa shape index (κ3) is 4.03. The molecule has 0 aliphatic carbocycles. The van der Waals surface area contributed by atoms with Gasteiger partial charge >= 0.3 is 5.97 Å². The Morgan fingerprint density at radius 1 is 1.17 bits per heavy atom. The highest BCUT2D eigenvalue weighted by molar-refractivity contribution is 5.92. The summed E-state index contributed by atoms with van der Waals surface area (Å²) in [6.45, 7) is 5.79. The van der Waals surface area contributed by atoms with Crippen molar-refractivity contribution in [3.8, 4) is 11.3 Å². The van der Waals surface area contributed by atoms with E-state index in [1.54, 1.807) is 16.8 Å². The van der Waals surface area contributed by atoms with Gasteiger partial charge in [-0.05, 0) is 62.2 Å². The molecule has 8 heteroatoms. The Morgan fingerprint density at radius 2 is 1.97 bits per heavy atom. The zero-order chi connectivity index (χ0) is 24.9. The van der Waals surface area contributed by atoms with E-state index >= 15 is 0 Å². The minimum Gasteiger partial charge on any atom is -0.476 e. The number of benzene rings is 2. The van der Waals surface area contributed by atoms with Gasteiger partial charge in [0.25, 0.3) is 0 Å². The van der Waals surface area contributed by atoms with E-state index in [0.29, 0.717) is 22.4 Å². The minimum atomic E-state index is -1.12. The summed E-state index contributed by atoms with van der Waals surface area (Å²) in [6, 6.07) is 12.2. The van der Waals surface area contributed by atoms with Crippen LogP contribution < -0.4 is 10.7 Å². The molecule has 0 unspecified atom stereocenters. The first-order valence-corrected chi connectivity index (χ1v) is 11.2. The van der Waals surface area contributed by atoms with Gasteiger partial charge in [0, 0.05) is 42.0 Å². The number of nitrogens with zero attached hydrogens (tertiary/aromatic N) is 3. The summed E-state index contributed by atoms with van der Waals surface area (Å²) in [6.07, 6.45) is 3.37. The van der Waals surface area contributed by atoms with E-state index in [-0.39, 0.29) is 17.2 Å². The van der Waals surface area contributed by atoms with Crippen LogP contribution in [0.5, 0.6) is 0 Å². The lowest BCUT2D eigenvalue weighted by Gasteiger charge is -2.19. The van der Waals surface area contributed by atoms with Crippen molar-refractivity contribution in [3.05, 3.63) is 87.5 Å². The number of carbonyl (C=O) groups is 1. The lowest BCUT2D eigenvalue weighted by atomic mass is 10.00. The van der Waals surface area contributed by atoms with Gasteiger partial charge in [-0.1, -0.05) is 6.07 Å². The number of nitrogens with one attached hydrogen (secondary N) is 1. The average Bonchev–Trinajstić information content (AvgIpc) is 3.20. The SMILES string of the molecule is Cc1cc([C@@H](C)Nc2cccnc2C(=O)O)c2oc(-c3cc(C)c4nn(C)cc4c3)cc(=O)c2c1. The maximum absolute atomic E-state index is 13.2. The van der Waals surface area contributed by atoms with Crippen LogP contribution in [0.1, 0.15) is 40.1 Å². The van der Waals surface area contributed by atoms with Crippen molar-refractivity contribution in [2.24, 2.45) is 7.05 Å². The van der Waals surface area contributed by atoms with Crippen LogP contribution in [-0.2, 0) is 7.05 Å². The van der Waals surface area contributed by atoms with E-state index in [1.807, 2.05) is 58.3 Å².